The number of carbonyl (C=O) groups is 2. The normalized spacial score (nSPS) is 14.3. The minimum atomic E-state index is -1.03. The molecule has 1 aromatic rings. The van der Waals surface area contributed by atoms with Gasteiger partial charge in [-0.2, -0.15) is 0 Å². The summed E-state index contributed by atoms with van der Waals surface area (Å²) < 4.78 is 5.29. The molecule has 15 heavy (non-hydrogen) atoms. The maximum Gasteiger partial charge on any atom is 0.348 e. The standard InChI is InChI=1S/C9H9NO4S/c1-5(11)10-2-3-14-6-4-15-8(7(6)10)9(12)13/h4H,2-3H2,1H3,(H,12,13). The molecule has 1 amide bonds. The third-order valence-corrected chi connectivity index (χ3v) is 3.08. The topological polar surface area (TPSA) is 66.8 Å². The number of thiophene rings is 1. The Kier molecular flexibility index (Phi) is 2.36. The molecule has 0 bridgehead atoms. The second-order valence-electron chi connectivity index (χ2n) is 3.10. The number of carbonyl (C=O) groups excluding carboxylic acids is 1. The van der Waals surface area contributed by atoms with E-state index in [0.29, 0.717) is 24.6 Å². The van der Waals surface area contributed by atoms with E-state index in [1.165, 1.54) is 11.8 Å². The Bertz CT molecular complexity index is 426. The maximum atomic E-state index is 11.3. The Hall–Kier alpha value is -1.56. The van der Waals surface area contributed by atoms with E-state index in [0.717, 1.165) is 11.3 Å². The van der Waals surface area contributed by atoms with E-state index in [4.69, 9.17) is 9.84 Å². The van der Waals surface area contributed by atoms with E-state index < -0.39 is 5.97 Å². The van der Waals surface area contributed by atoms with Crippen LogP contribution in [0.3, 0.4) is 0 Å². The number of nitrogens with zero attached hydrogens (tertiary/aromatic N) is 1. The van der Waals surface area contributed by atoms with E-state index in [9.17, 15) is 9.59 Å². The van der Waals surface area contributed by atoms with Crippen LogP contribution in [0.1, 0.15) is 16.6 Å². The number of amides is 1. The Labute approximate surface area is 89.9 Å². The van der Waals surface area contributed by atoms with E-state index in [2.05, 4.69) is 0 Å². The average Bonchev–Trinajstić information content (AvgIpc) is 2.60. The summed E-state index contributed by atoms with van der Waals surface area (Å²) in [7, 11) is 0. The second-order valence-corrected chi connectivity index (χ2v) is 3.98. The van der Waals surface area contributed by atoms with Crippen LogP contribution in [0.2, 0.25) is 0 Å². The zero-order chi connectivity index (χ0) is 11.0. The van der Waals surface area contributed by atoms with Crippen molar-refractivity contribution < 1.29 is 19.4 Å². The highest BCUT2D eigenvalue weighted by atomic mass is 32.1. The molecule has 0 unspecified atom stereocenters. The minimum absolute atomic E-state index is 0.153. The van der Waals surface area contributed by atoms with Crippen LogP contribution in [0.25, 0.3) is 0 Å². The molecule has 0 aromatic carbocycles. The van der Waals surface area contributed by atoms with Gasteiger partial charge < -0.3 is 14.7 Å². The number of carboxylic acids is 1. The molecule has 1 aromatic heterocycles. The SMILES string of the molecule is CC(=O)N1CCOc2csc(C(=O)O)c21. The second kappa shape index (κ2) is 3.54. The molecule has 1 aliphatic heterocycles. The Morgan fingerprint density at radius 2 is 2.33 bits per heavy atom. The Balaban J connectivity index is 2.52. The quantitative estimate of drug-likeness (QED) is 0.782. The first-order valence-corrected chi connectivity index (χ1v) is 5.25. The predicted molar refractivity (Wildman–Crippen MR) is 54.8 cm³/mol. The summed E-state index contributed by atoms with van der Waals surface area (Å²) in [5.41, 5.74) is 0.395. The van der Waals surface area contributed by atoms with Crippen molar-refractivity contribution in [2.45, 2.75) is 6.92 Å². The van der Waals surface area contributed by atoms with Crippen molar-refractivity contribution in [1.82, 2.24) is 0 Å². The fourth-order valence-corrected chi connectivity index (χ4v) is 2.35. The number of anilines is 1. The molecule has 1 N–H and O–H groups in total. The molecule has 80 valence electrons. The molecule has 1 aliphatic rings. The van der Waals surface area contributed by atoms with Crippen molar-refractivity contribution in [2.24, 2.45) is 0 Å². The smallest absolute Gasteiger partial charge is 0.348 e. The number of rotatable bonds is 1. The predicted octanol–water partition coefficient (Wildman–Crippen LogP) is 1.19. The molecule has 5 nitrogen and oxygen atoms in total. The van der Waals surface area contributed by atoms with Crippen molar-refractivity contribution in [3.05, 3.63) is 10.3 Å². The van der Waals surface area contributed by atoms with Gasteiger partial charge in [0.25, 0.3) is 0 Å². The molecule has 0 atom stereocenters. The summed E-state index contributed by atoms with van der Waals surface area (Å²) in [5, 5.41) is 10.6. The third-order valence-electron chi connectivity index (χ3n) is 2.15. The van der Waals surface area contributed by atoms with Gasteiger partial charge in [0.1, 0.15) is 17.2 Å². The van der Waals surface area contributed by atoms with Crippen LogP contribution < -0.4 is 9.64 Å². The highest BCUT2D eigenvalue weighted by molar-refractivity contribution is 7.13. The van der Waals surface area contributed by atoms with Crippen LogP contribution in [-0.4, -0.2) is 30.1 Å². The zero-order valence-corrected chi connectivity index (χ0v) is 8.84. The zero-order valence-electron chi connectivity index (χ0n) is 8.02. The number of fused-ring (bicyclic) bond motifs is 1. The summed E-state index contributed by atoms with van der Waals surface area (Å²) in [6.07, 6.45) is 0. The van der Waals surface area contributed by atoms with Crippen LogP contribution in [0.5, 0.6) is 5.75 Å². The van der Waals surface area contributed by atoms with E-state index >= 15 is 0 Å². The molecular weight excluding hydrogens is 218 g/mol. The number of ether oxygens (including phenoxy) is 1. The van der Waals surface area contributed by atoms with Gasteiger partial charge in [-0.25, -0.2) is 4.79 Å². The van der Waals surface area contributed by atoms with E-state index in [-0.39, 0.29) is 10.8 Å². The van der Waals surface area contributed by atoms with Gasteiger partial charge in [-0.3, -0.25) is 4.79 Å². The lowest BCUT2D eigenvalue weighted by Gasteiger charge is -2.26. The lowest BCUT2D eigenvalue weighted by atomic mass is 10.3. The summed E-state index contributed by atoms with van der Waals surface area (Å²) in [6, 6.07) is 0. The monoisotopic (exact) mass is 227 g/mol. The fourth-order valence-electron chi connectivity index (χ4n) is 1.52. The molecule has 0 radical (unpaired) electrons. The van der Waals surface area contributed by atoms with Gasteiger partial charge in [-0.05, 0) is 0 Å². The van der Waals surface area contributed by atoms with Gasteiger partial charge in [-0.1, -0.05) is 0 Å². The van der Waals surface area contributed by atoms with Gasteiger partial charge in [-0.15, -0.1) is 11.3 Å². The summed E-state index contributed by atoms with van der Waals surface area (Å²) in [5.74, 6) is -0.711. The highest BCUT2D eigenvalue weighted by Gasteiger charge is 2.28. The van der Waals surface area contributed by atoms with Gasteiger partial charge >= 0.3 is 5.97 Å². The van der Waals surface area contributed by atoms with Crippen molar-refractivity contribution in [1.29, 1.82) is 0 Å². The van der Waals surface area contributed by atoms with Crippen LogP contribution in [0.15, 0.2) is 5.38 Å². The largest absolute Gasteiger partial charge is 0.489 e. The number of hydrogen-bond donors (Lipinski definition) is 1. The molecule has 2 heterocycles. The first-order chi connectivity index (χ1) is 7.11. The van der Waals surface area contributed by atoms with Gasteiger partial charge in [0.2, 0.25) is 5.91 Å². The van der Waals surface area contributed by atoms with Crippen LogP contribution >= 0.6 is 11.3 Å². The molecule has 0 fully saturated rings. The highest BCUT2D eigenvalue weighted by Crippen LogP contribution is 2.40. The Morgan fingerprint density at radius 3 is 2.93 bits per heavy atom. The first kappa shape index (κ1) is 9.97. The third kappa shape index (κ3) is 1.56. The van der Waals surface area contributed by atoms with Crippen molar-refractivity contribution in [3.63, 3.8) is 0 Å². The molecule has 0 saturated carbocycles. The summed E-state index contributed by atoms with van der Waals surface area (Å²) in [4.78, 5) is 23.8. The summed E-state index contributed by atoms with van der Waals surface area (Å²) >= 11 is 1.08. The fraction of sp³-hybridized carbons (Fsp3) is 0.333. The average molecular weight is 227 g/mol. The Morgan fingerprint density at radius 1 is 1.60 bits per heavy atom. The van der Waals surface area contributed by atoms with Gasteiger partial charge in [0.15, 0.2) is 5.75 Å². The molecule has 0 aliphatic carbocycles. The van der Waals surface area contributed by atoms with Crippen molar-refractivity contribution in [2.75, 3.05) is 18.1 Å². The first-order valence-electron chi connectivity index (χ1n) is 4.37. The van der Waals surface area contributed by atoms with Gasteiger partial charge in [0, 0.05) is 12.3 Å². The number of carboxylic acid groups (broad SMARTS) is 1. The van der Waals surface area contributed by atoms with Crippen LogP contribution in [-0.2, 0) is 4.79 Å². The molecule has 0 saturated heterocycles. The van der Waals surface area contributed by atoms with Gasteiger partial charge in [0.05, 0.1) is 6.54 Å². The molecular formula is C9H9NO4S. The van der Waals surface area contributed by atoms with Crippen molar-refractivity contribution >= 4 is 28.9 Å². The lowest BCUT2D eigenvalue weighted by Crippen LogP contribution is -2.36. The minimum Gasteiger partial charge on any atom is -0.489 e. The number of aromatic carboxylic acids is 1. The van der Waals surface area contributed by atoms with Crippen LogP contribution in [0, 0.1) is 0 Å². The van der Waals surface area contributed by atoms with E-state index in [1.54, 1.807) is 5.38 Å². The van der Waals surface area contributed by atoms with Crippen LogP contribution in [0.4, 0.5) is 5.69 Å². The lowest BCUT2D eigenvalue weighted by molar-refractivity contribution is -0.116. The summed E-state index contributed by atoms with van der Waals surface area (Å²) in [6.45, 7) is 2.22. The maximum absolute atomic E-state index is 11.3. The van der Waals surface area contributed by atoms with E-state index in [1.807, 2.05) is 0 Å². The van der Waals surface area contributed by atoms with Crippen molar-refractivity contribution in [3.8, 4) is 5.75 Å². The molecule has 2 rings (SSSR count). The molecule has 0 spiro atoms. The molecule has 6 heteroatoms. The number of hydrogen-bond acceptors (Lipinski definition) is 4.